The second-order valence-electron chi connectivity index (χ2n) is 9.15. The molecule has 2 aromatic rings. The number of pyridine rings is 2. The van der Waals surface area contributed by atoms with E-state index >= 15 is 0 Å². The first kappa shape index (κ1) is 25.8. The molecule has 6 nitrogen and oxygen atoms in total. The Hall–Kier alpha value is -3.80. The first-order valence-corrected chi connectivity index (χ1v) is 11.6. The van der Waals surface area contributed by atoms with Gasteiger partial charge in [-0.15, -0.1) is 0 Å². The maximum Gasteiger partial charge on any atom is 0.212 e. The zero-order chi connectivity index (χ0) is 25.4. The third-order valence-corrected chi connectivity index (χ3v) is 6.15. The van der Waals surface area contributed by atoms with E-state index < -0.39 is 5.78 Å². The zero-order valence-corrected chi connectivity index (χ0v) is 21.0. The lowest BCUT2D eigenvalue weighted by Crippen LogP contribution is -2.19. The van der Waals surface area contributed by atoms with Crippen LogP contribution in [-0.4, -0.2) is 35.8 Å². The molecule has 182 valence electrons. The molecule has 1 aliphatic rings. The van der Waals surface area contributed by atoms with Gasteiger partial charge in [0, 0.05) is 24.5 Å². The summed E-state index contributed by atoms with van der Waals surface area (Å²) in [4.78, 5) is 34.7. The third-order valence-electron chi connectivity index (χ3n) is 6.15. The molecular weight excluding hydrogens is 440 g/mol. The van der Waals surface area contributed by atoms with Crippen molar-refractivity contribution < 1.29 is 19.1 Å². The Bertz CT molecular complexity index is 1180. The van der Waals surface area contributed by atoms with Crippen LogP contribution < -0.4 is 9.47 Å². The smallest absolute Gasteiger partial charge is 0.212 e. The van der Waals surface area contributed by atoms with Crippen molar-refractivity contribution in [2.75, 3.05) is 14.2 Å². The summed E-state index contributed by atoms with van der Waals surface area (Å²) in [6.07, 6.45) is 14.4. The number of hydrogen-bond acceptors (Lipinski definition) is 6. The molecule has 35 heavy (non-hydrogen) atoms. The van der Waals surface area contributed by atoms with Crippen LogP contribution in [0.25, 0.3) is 12.2 Å². The largest absolute Gasteiger partial charge is 0.481 e. The summed E-state index contributed by atoms with van der Waals surface area (Å²) in [7, 11) is 3.07. The van der Waals surface area contributed by atoms with Crippen LogP contribution in [0, 0.1) is 5.41 Å². The lowest BCUT2D eigenvalue weighted by Gasteiger charge is -2.32. The van der Waals surface area contributed by atoms with Crippen molar-refractivity contribution in [3.63, 3.8) is 0 Å². The van der Waals surface area contributed by atoms with E-state index in [1.165, 1.54) is 31.9 Å². The van der Waals surface area contributed by atoms with E-state index in [9.17, 15) is 9.59 Å². The van der Waals surface area contributed by atoms with Gasteiger partial charge in [0.25, 0.3) is 0 Å². The van der Waals surface area contributed by atoms with Crippen molar-refractivity contribution in [3.8, 4) is 11.8 Å². The van der Waals surface area contributed by atoms with Crippen molar-refractivity contribution in [3.05, 3.63) is 82.7 Å². The number of ether oxygens (including phenoxy) is 2. The minimum Gasteiger partial charge on any atom is -0.481 e. The van der Waals surface area contributed by atoms with Crippen molar-refractivity contribution in [1.29, 1.82) is 0 Å². The van der Waals surface area contributed by atoms with Gasteiger partial charge in [-0.3, -0.25) is 9.59 Å². The molecule has 0 unspecified atom stereocenters. The predicted octanol–water partition coefficient (Wildman–Crippen LogP) is 5.81. The summed E-state index contributed by atoms with van der Waals surface area (Å²) in [6, 6.07) is 6.93. The number of aromatic nitrogens is 2. The molecule has 2 heterocycles. The minimum absolute atomic E-state index is 0.00578. The molecule has 0 aromatic carbocycles. The minimum atomic E-state index is -0.403. The van der Waals surface area contributed by atoms with Gasteiger partial charge in [-0.2, -0.15) is 0 Å². The van der Waals surface area contributed by atoms with E-state index in [1.807, 2.05) is 6.08 Å². The molecule has 6 heteroatoms. The highest BCUT2D eigenvalue weighted by Crippen LogP contribution is 2.40. The van der Waals surface area contributed by atoms with Gasteiger partial charge in [0.2, 0.25) is 11.8 Å². The average Bonchev–Trinajstić information content (AvgIpc) is 2.85. The van der Waals surface area contributed by atoms with Gasteiger partial charge in [-0.05, 0) is 84.7 Å². The topological polar surface area (TPSA) is 78.4 Å². The first-order chi connectivity index (χ1) is 16.7. The van der Waals surface area contributed by atoms with Crippen molar-refractivity contribution in [2.45, 2.75) is 40.0 Å². The van der Waals surface area contributed by atoms with Gasteiger partial charge in [0.1, 0.15) is 0 Å². The number of hydrogen-bond donors (Lipinski definition) is 0. The summed E-state index contributed by atoms with van der Waals surface area (Å²) in [5, 5.41) is 0. The summed E-state index contributed by atoms with van der Waals surface area (Å²) in [5.74, 6) is 0.177. The number of nitrogens with zero attached hydrogens (tertiary/aromatic N) is 2. The second kappa shape index (κ2) is 11.6. The Labute approximate surface area is 207 Å². The van der Waals surface area contributed by atoms with Gasteiger partial charge in [-0.1, -0.05) is 25.5 Å². The molecule has 0 amide bonds. The van der Waals surface area contributed by atoms with Crippen molar-refractivity contribution >= 4 is 23.7 Å². The quantitative estimate of drug-likeness (QED) is 0.260. The molecule has 0 bridgehead atoms. The maximum absolute atomic E-state index is 13.3. The van der Waals surface area contributed by atoms with Crippen LogP contribution in [0.3, 0.4) is 0 Å². The van der Waals surface area contributed by atoms with Crippen LogP contribution in [0.15, 0.2) is 71.6 Å². The average molecular weight is 473 g/mol. The van der Waals surface area contributed by atoms with Crippen LogP contribution in [0.1, 0.15) is 51.2 Å². The fourth-order valence-corrected chi connectivity index (χ4v) is 4.16. The fraction of sp³-hybridized carbons (Fsp3) is 0.310. The molecule has 0 saturated heterocycles. The molecule has 3 rings (SSSR count). The lowest BCUT2D eigenvalue weighted by atomic mass is 9.72. The van der Waals surface area contributed by atoms with Crippen LogP contribution in [0.4, 0.5) is 0 Å². The SMILES string of the molecule is COc1ccc(C=CC(=O)C(=Cc2ccc(OC)nc2)C(=O)C=CC2=C(C)CCCC2(C)C)cn1. The van der Waals surface area contributed by atoms with E-state index in [0.29, 0.717) is 17.3 Å². The van der Waals surface area contributed by atoms with E-state index in [2.05, 4.69) is 30.7 Å². The Morgan fingerprint density at radius 2 is 1.46 bits per heavy atom. The summed E-state index contributed by atoms with van der Waals surface area (Å²) >= 11 is 0. The molecule has 2 aromatic heterocycles. The molecule has 0 aliphatic heterocycles. The standard InChI is InChI=1S/C29H32N2O4/c1-20-7-6-16-29(2,3)24(20)11-13-26(33)23(17-22-10-15-28(35-5)31-19-22)25(32)12-8-21-9-14-27(34-4)30-18-21/h8-15,17-19H,6-7,16H2,1-5H3. The number of carbonyl (C=O) groups is 2. The van der Waals surface area contributed by atoms with Gasteiger partial charge >= 0.3 is 0 Å². The second-order valence-corrected chi connectivity index (χ2v) is 9.15. The molecule has 0 N–H and O–H groups in total. The number of allylic oxidation sites excluding steroid dienone is 6. The molecule has 0 spiro atoms. The summed E-state index contributed by atoms with van der Waals surface area (Å²) < 4.78 is 10.2. The molecular formula is C29H32N2O4. The molecule has 0 atom stereocenters. The van der Waals surface area contributed by atoms with Gasteiger partial charge in [-0.25, -0.2) is 9.97 Å². The van der Waals surface area contributed by atoms with Crippen LogP contribution >= 0.6 is 0 Å². The van der Waals surface area contributed by atoms with E-state index in [0.717, 1.165) is 30.4 Å². The third kappa shape index (κ3) is 6.85. The monoisotopic (exact) mass is 472 g/mol. The maximum atomic E-state index is 13.3. The van der Waals surface area contributed by atoms with E-state index in [-0.39, 0.29) is 16.8 Å². The van der Waals surface area contributed by atoms with Crippen LogP contribution in [0.2, 0.25) is 0 Å². The number of ketones is 2. The van der Waals surface area contributed by atoms with Gasteiger partial charge < -0.3 is 9.47 Å². The zero-order valence-electron chi connectivity index (χ0n) is 21.0. The van der Waals surface area contributed by atoms with Crippen LogP contribution in [0.5, 0.6) is 11.8 Å². The number of rotatable bonds is 9. The highest BCUT2D eigenvalue weighted by Gasteiger charge is 2.27. The Morgan fingerprint density at radius 1 is 0.886 bits per heavy atom. The Morgan fingerprint density at radius 3 is 1.97 bits per heavy atom. The van der Waals surface area contributed by atoms with Crippen molar-refractivity contribution in [1.82, 2.24) is 9.97 Å². The molecule has 1 aliphatic carbocycles. The normalized spacial score (nSPS) is 16.1. The highest BCUT2D eigenvalue weighted by atomic mass is 16.5. The Kier molecular flexibility index (Phi) is 8.53. The van der Waals surface area contributed by atoms with Gasteiger partial charge in [0.05, 0.1) is 19.8 Å². The predicted molar refractivity (Wildman–Crippen MR) is 138 cm³/mol. The molecule has 0 fully saturated rings. The lowest BCUT2D eigenvalue weighted by molar-refractivity contribution is -0.116. The van der Waals surface area contributed by atoms with E-state index in [1.54, 1.807) is 48.8 Å². The summed E-state index contributed by atoms with van der Waals surface area (Å²) in [6.45, 7) is 6.49. The summed E-state index contributed by atoms with van der Waals surface area (Å²) in [5.41, 5.74) is 3.84. The number of carbonyl (C=O) groups excluding carboxylic acids is 2. The highest BCUT2D eigenvalue weighted by molar-refractivity contribution is 6.30. The first-order valence-electron chi connectivity index (χ1n) is 11.6. The number of methoxy groups -OCH3 is 2. The molecule has 0 radical (unpaired) electrons. The van der Waals surface area contributed by atoms with Crippen LogP contribution in [-0.2, 0) is 9.59 Å². The fourth-order valence-electron chi connectivity index (χ4n) is 4.16. The van der Waals surface area contributed by atoms with Crippen molar-refractivity contribution in [2.24, 2.45) is 5.41 Å². The van der Waals surface area contributed by atoms with Gasteiger partial charge in [0.15, 0.2) is 11.6 Å². The molecule has 0 saturated carbocycles. The van der Waals surface area contributed by atoms with E-state index in [4.69, 9.17) is 9.47 Å². The Balaban J connectivity index is 1.92.